The van der Waals surface area contributed by atoms with Crippen LogP contribution in [0.15, 0.2) is 84.0 Å². The van der Waals surface area contributed by atoms with E-state index in [4.69, 9.17) is 9.94 Å². The first-order chi connectivity index (χ1) is 14.0. The molecule has 0 spiro atoms. The molecule has 0 bridgehead atoms. The zero-order valence-electron chi connectivity index (χ0n) is 15.3. The van der Waals surface area contributed by atoms with Crippen LogP contribution in [0.3, 0.4) is 0 Å². The first kappa shape index (κ1) is 20.5. The number of nitrogens with one attached hydrogen (secondary N) is 1. The number of pyridine rings is 1. The Balaban J connectivity index is 1.83. The van der Waals surface area contributed by atoms with E-state index >= 15 is 0 Å². The van der Waals surface area contributed by atoms with Crippen molar-refractivity contribution >= 4 is 15.9 Å². The second-order valence-electron chi connectivity index (χ2n) is 6.06. The molecule has 0 saturated heterocycles. The number of nitrogens with zero attached hydrogens (tertiary/aromatic N) is 2. The molecule has 3 aromatic rings. The van der Waals surface area contributed by atoms with Crippen molar-refractivity contribution in [2.24, 2.45) is 0 Å². The summed E-state index contributed by atoms with van der Waals surface area (Å²) in [6.07, 6.45) is 3.07. The van der Waals surface area contributed by atoms with Crippen LogP contribution in [-0.4, -0.2) is 35.4 Å². The molecule has 150 valence electrons. The normalized spacial score (nSPS) is 11.2. The van der Waals surface area contributed by atoms with Crippen LogP contribution in [-0.2, 0) is 21.4 Å². The van der Waals surface area contributed by atoms with Crippen molar-refractivity contribution in [1.82, 2.24) is 14.8 Å². The summed E-state index contributed by atoms with van der Waals surface area (Å²) in [7, 11) is -4.02. The molecule has 1 heterocycles. The van der Waals surface area contributed by atoms with Gasteiger partial charge in [0.2, 0.25) is 10.0 Å². The minimum atomic E-state index is -4.02. The average molecular weight is 413 g/mol. The van der Waals surface area contributed by atoms with Gasteiger partial charge in [-0.3, -0.25) is 15.0 Å². The number of aromatic nitrogens is 1. The van der Waals surface area contributed by atoms with Gasteiger partial charge in [-0.25, -0.2) is 13.9 Å². The molecule has 2 aromatic carbocycles. The highest BCUT2D eigenvalue weighted by Crippen LogP contribution is 2.24. The molecular formula is C20H19N3O5S. The minimum Gasteiger partial charge on any atom is -0.457 e. The molecule has 9 heteroatoms. The van der Waals surface area contributed by atoms with Gasteiger partial charge < -0.3 is 4.74 Å². The largest absolute Gasteiger partial charge is 0.457 e. The molecule has 0 fully saturated rings. The summed E-state index contributed by atoms with van der Waals surface area (Å²) in [5.74, 6) is 0.254. The quantitative estimate of drug-likeness (QED) is 0.434. The summed E-state index contributed by atoms with van der Waals surface area (Å²) < 4.78 is 32.8. The van der Waals surface area contributed by atoms with Gasteiger partial charge in [-0.2, -0.15) is 4.31 Å². The summed E-state index contributed by atoms with van der Waals surface area (Å²) in [6.45, 7) is -0.623. The predicted octanol–water partition coefficient (Wildman–Crippen LogP) is 2.57. The molecule has 0 atom stereocenters. The number of benzene rings is 2. The lowest BCUT2D eigenvalue weighted by molar-refractivity contribution is -0.129. The number of amides is 1. The fourth-order valence-corrected chi connectivity index (χ4v) is 3.95. The van der Waals surface area contributed by atoms with E-state index in [1.165, 1.54) is 35.9 Å². The Kier molecular flexibility index (Phi) is 6.55. The third kappa shape index (κ3) is 5.38. The first-order valence-electron chi connectivity index (χ1n) is 8.64. The van der Waals surface area contributed by atoms with Crippen molar-refractivity contribution in [2.75, 3.05) is 6.54 Å². The van der Waals surface area contributed by atoms with E-state index in [2.05, 4.69) is 4.98 Å². The van der Waals surface area contributed by atoms with E-state index in [9.17, 15) is 13.2 Å². The molecule has 0 aliphatic carbocycles. The number of hydrogen-bond donors (Lipinski definition) is 2. The summed E-state index contributed by atoms with van der Waals surface area (Å²) in [5.41, 5.74) is 2.06. The number of carbonyl (C=O) groups is 1. The van der Waals surface area contributed by atoms with Crippen LogP contribution in [0.4, 0.5) is 0 Å². The Labute approximate surface area is 168 Å². The van der Waals surface area contributed by atoms with Crippen LogP contribution in [0, 0.1) is 0 Å². The van der Waals surface area contributed by atoms with Gasteiger partial charge in [0.25, 0.3) is 5.91 Å². The highest BCUT2D eigenvalue weighted by Gasteiger charge is 2.27. The Morgan fingerprint density at radius 3 is 2.31 bits per heavy atom. The van der Waals surface area contributed by atoms with Crippen LogP contribution in [0.2, 0.25) is 0 Å². The monoisotopic (exact) mass is 413 g/mol. The van der Waals surface area contributed by atoms with Gasteiger partial charge in [0, 0.05) is 18.9 Å². The molecule has 3 rings (SSSR count). The van der Waals surface area contributed by atoms with Crippen LogP contribution >= 0.6 is 0 Å². The Morgan fingerprint density at radius 1 is 1.00 bits per heavy atom. The maximum atomic E-state index is 13.1. The Bertz CT molecular complexity index is 1040. The highest BCUT2D eigenvalue weighted by molar-refractivity contribution is 7.89. The van der Waals surface area contributed by atoms with Crippen LogP contribution in [0.5, 0.6) is 11.5 Å². The van der Waals surface area contributed by atoms with Gasteiger partial charge in [-0.05, 0) is 48.0 Å². The zero-order chi connectivity index (χ0) is 20.7. The molecule has 0 unspecified atom stereocenters. The number of para-hydroxylation sites is 1. The van der Waals surface area contributed by atoms with Crippen molar-refractivity contribution in [3.05, 3.63) is 84.7 Å². The number of sulfonamides is 1. The van der Waals surface area contributed by atoms with Crippen molar-refractivity contribution in [3.8, 4) is 11.5 Å². The number of hydroxylamine groups is 1. The third-order valence-electron chi connectivity index (χ3n) is 3.97. The lowest BCUT2D eigenvalue weighted by Gasteiger charge is -2.21. The van der Waals surface area contributed by atoms with Crippen LogP contribution in [0.1, 0.15) is 5.56 Å². The molecule has 1 aromatic heterocycles. The van der Waals surface area contributed by atoms with Gasteiger partial charge in [0.15, 0.2) is 0 Å². The molecule has 0 aliphatic rings. The summed E-state index contributed by atoms with van der Waals surface area (Å²) >= 11 is 0. The van der Waals surface area contributed by atoms with Crippen molar-refractivity contribution in [3.63, 3.8) is 0 Å². The van der Waals surface area contributed by atoms with Crippen LogP contribution in [0.25, 0.3) is 0 Å². The molecule has 0 radical (unpaired) electrons. The Morgan fingerprint density at radius 2 is 1.69 bits per heavy atom. The summed E-state index contributed by atoms with van der Waals surface area (Å²) in [4.78, 5) is 15.6. The van der Waals surface area contributed by atoms with Crippen molar-refractivity contribution < 1.29 is 23.2 Å². The average Bonchev–Trinajstić information content (AvgIpc) is 2.75. The second-order valence-corrected chi connectivity index (χ2v) is 7.99. The smallest absolute Gasteiger partial charge is 0.258 e. The first-order valence-corrected chi connectivity index (χ1v) is 10.1. The third-order valence-corrected chi connectivity index (χ3v) is 5.77. The molecule has 29 heavy (non-hydrogen) atoms. The standard InChI is InChI=1S/C20H19N3O5S/c24-20(22-25)15-23(14-16-5-4-12-21-13-16)29(26,27)19-10-8-18(9-11-19)28-17-6-2-1-3-7-17/h1-13,25H,14-15H2,(H,22,24). The van der Waals surface area contributed by atoms with E-state index in [1.807, 2.05) is 18.2 Å². The number of ether oxygens (including phenoxy) is 1. The lowest BCUT2D eigenvalue weighted by atomic mass is 10.3. The maximum Gasteiger partial charge on any atom is 0.258 e. The van der Waals surface area contributed by atoms with E-state index in [1.54, 1.807) is 30.5 Å². The van der Waals surface area contributed by atoms with E-state index in [0.29, 0.717) is 17.1 Å². The molecule has 0 saturated carbocycles. The van der Waals surface area contributed by atoms with Gasteiger partial charge in [0.05, 0.1) is 11.4 Å². The van der Waals surface area contributed by atoms with Gasteiger partial charge in [0.1, 0.15) is 11.5 Å². The molecule has 2 N–H and O–H groups in total. The number of rotatable bonds is 8. The van der Waals surface area contributed by atoms with Gasteiger partial charge in [-0.1, -0.05) is 24.3 Å². The zero-order valence-corrected chi connectivity index (χ0v) is 16.1. The second kappa shape index (κ2) is 9.28. The topological polar surface area (TPSA) is 109 Å². The maximum absolute atomic E-state index is 13.1. The van der Waals surface area contributed by atoms with E-state index < -0.39 is 22.5 Å². The van der Waals surface area contributed by atoms with E-state index in [-0.39, 0.29) is 11.4 Å². The minimum absolute atomic E-state index is 0.00691. The SMILES string of the molecule is O=C(CN(Cc1cccnc1)S(=O)(=O)c1ccc(Oc2ccccc2)cc1)NO. The highest BCUT2D eigenvalue weighted by atomic mass is 32.2. The fraction of sp³-hybridized carbons (Fsp3) is 0.100. The number of carbonyl (C=O) groups excluding carboxylic acids is 1. The molecule has 8 nitrogen and oxygen atoms in total. The molecule has 0 aliphatic heterocycles. The van der Waals surface area contributed by atoms with Crippen molar-refractivity contribution in [2.45, 2.75) is 11.4 Å². The molecule has 1 amide bonds. The Hall–Kier alpha value is -3.27. The summed E-state index contributed by atoms with van der Waals surface area (Å²) in [6, 6.07) is 18.3. The van der Waals surface area contributed by atoms with Gasteiger partial charge in [-0.15, -0.1) is 0 Å². The fourth-order valence-electron chi connectivity index (χ4n) is 2.57. The summed E-state index contributed by atoms with van der Waals surface area (Å²) in [5, 5.41) is 8.81. The predicted molar refractivity (Wildman–Crippen MR) is 105 cm³/mol. The van der Waals surface area contributed by atoms with E-state index in [0.717, 1.165) is 4.31 Å². The van der Waals surface area contributed by atoms with Crippen LogP contribution < -0.4 is 10.2 Å². The van der Waals surface area contributed by atoms with Gasteiger partial charge >= 0.3 is 0 Å². The number of hydrogen-bond acceptors (Lipinski definition) is 6. The molecular weight excluding hydrogens is 394 g/mol. The van der Waals surface area contributed by atoms with Crippen molar-refractivity contribution in [1.29, 1.82) is 0 Å². The lowest BCUT2D eigenvalue weighted by Crippen LogP contribution is -2.39.